The molecule has 0 amide bonds. The van der Waals surface area contributed by atoms with Crippen molar-refractivity contribution in [3.63, 3.8) is 0 Å². The summed E-state index contributed by atoms with van der Waals surface area (Å²) in [6, 6.07) is 12.2. The molecule has 1 aromatic carbocycles. The lowest BCUT2D eigenvalue weighted by atomic mass is 9.93. The van der Waals surface area contributed by atoms with Gasteiger partial charge in [0.1, 0.15) is 0 Å². The van der Waals surface area contributed by atoms with E-state index in [1.54, 1.807) is 12.4 Å². The van der Waals surface area contributed by atoms with Crippen LogP contribution in [-0.2, 0) is 6.54 Å². The van der Waals surface area contributed by atoms with Crippen molar-refractivity contribution >= 4 is 17.5 Å². The Morgan fingerprint density at radius 3 is 2.30 bits per heavy atom. The van der Waals surface area contributed by atoms with Gasteiger partial charge in [0.2, 0.25) is 5.95 Å². The van der Waals surface area contributed by atoms with Crippen LogP contribution in [0.25, 0.3) is 0 Å². The van der Waals surface area contributed by atoms with Gasteiger partial charge >= 0.3 is 0 Å². The highest BCUT2D eigenvalue weighted by Crippen LogP contribution is 2.33. The third-order valence-corrected chi connectivity index (χ3v) is 4.35. The summed E-state index contributed by atoms with van der Waals surface area (Å²) in [6.07, 6.45) is 3.39. The van der Waals surface area contributed by atoms with Gasteiger partial charge in [-0.05, 0) is 35.1 Å². The highest BCUT2D eigenvalue weighted by atomic mass is 15.3. The molecule has 0 saturated heterocycles. The standard InChI is InChI=1S/C21H26N6/c1-14(2)17-9-7-10-18(15(3)4)20(17)26-21-25-19(13-24-27-21)23-12-16-8-5-6-11-22-16/h5-11,13-15H,12H2,1-4H3,(H2,23,25,26,27). The first-order valence-electron chi connectivity index (χ1n) is 9.28. The summed E-state index contributed by atoms with van der Waals surface area (Å²) in [7, 11) is 0. The van der Waals surface area contributed by atoms with Gasteiger partial charge in [0, 0.05) is 11.9 Å². The fourth-order valence-electron chi connectivity index (χ4n) is 2.93. The molecule has 0 aliphatic heterocycles. The SMILES string of the molecule is CC(C)c1cccc(C(C)C)c1Nc1nncc(NCc2ccccn2)n1. The lowest BCUT2D eigenvalue weighted by Crippen LogP contribution is -2.09. The minimum atomic E-state index is 0.393. The lowest BCUT2D eigenvalue weighted by molar-refractivity contribution is 0.836. The van der Waals surface area contributed by atoms with Crippen LogP contribution in [0.2, 0.25) is 0 Å². The zero-order chi connectivity index (χ0) is 19.2. The van der Waals surface area contributed by atoms with Crippen molar-refractivity contribution in [3.8, 4) is 0 Å². The van der Waals surface area contributed by atoms with Gasteiger partial charge in [-0.2, -0.15) is 10.1 Å². The third kappa shape index (κ3) is 4.78. The van der Waals surface area contributed by atoms with Crippen LogP contribution in [0.4, 0.5) is 17.5 Å². The highest BCUT2D eigenvalue weighted by molar-refractivity contribution is 5.65. The summed E-state index contributed by atoms with van der Waals surface area (Å²) in [5.41, 5.74) is 4.51. The molecule has 0 atom stereocenters. The van der Waals surface area contributed by atoms with Gasteiger partial charge in [0.25, 0.3) is 0 Å². The second-order valence-electron chi connectivity index (χ2n) is 7.09. The first-order chi connectivity index (χ1) is 13.0. The van der Waals surface area contributed by atoms with Crippen LogP contribution in [-0.4, -0.2) is 20.2 Å². The molecule has 0 spiro atoms. The van der Waals surface area contributed by atoms with E-state index in [0.29, 0.717) is 30.1 Å². The summed E-state index contributed by atoms with van der Waals surface area (Å²) in [4.78, 5) is 8.86. The molecule has 3 rings (SSSR count). The van der Waals surface area contributed by atoms with Crippen LogP contribution in [0.15, 0.2) is 48.8 Å². The number of benzene rings is 1. The van der Waals surface area contributed by atoms with Crippen molar-refractivity contribution in [1.82, 2.24) is 20.2 Å². The Balaban J connectivity index is 1.82. The molecular formula is C21H26N6. The molecule has 2 aromatic heterocycles. The van der Waals surface area contributed by atoms with Crippen LogP contribution in [0.1, 0.15) is 56.4 Å². The van der Waals surface area contributed by atoms with E-state index in [1.165, 1.54) is 11.1 Å². The van der Waals surface area contributed by atoms with Crippen molar-refractivity contribution in [3.05, 3.63) is 65.6 Å². The molecule has 27 heavy (non-hydrogen) atoms. The normalized spacial score (nSPS) is 11.0. The molecule has 0 radical (unpaired) electrons. The van der Waals surface area contributed by atoms with Gasteiger partial charge in [0.15, 0.2) is 5.82 Å². The molecule has 0 aliphatic rings. The maximum absolute atomic E-state index is 4.56. The molecule has 0 bridgehead atoms. The van der Waals surface area contributed by atoms with E-state index in [9.17, 15) is 0 Å². The first-order valence-corrected chi connectivity index (χ1v) is 9.28. The van der Waals surface area contributed by atoms with E-state index in [4.69, 9.17) is 0 Å². The lowest BCUT2D eigenvalue weighted by Gasteiger charge is -2.20. The van der Waals surface area contributed by atoms with E-state index < -0.39 is 0 Å². The number of rotatable bonds is 7. The number of anilines is 3. The Bertz CT molecular complexity index is 851. The molecule has 0 aliphatic carbocycles. The quantitative estimate of drug-likeness (QED) is 0.624. The van der Waals surface area contributed by atoms with Crippen LogP contribution >= 0.6 is 0 Å². The third-order valence-electron chi connectivity index (χ3n) is 4.35. The Morgan fingerprint density at radius 2 is 1.67 bits per heavy atom. The topological polar surface area (TPSA) is 75.6 Å². The predicted octanol–water partition coefficient (Wildman–Crippen LogP) is 4.87. The van der Waals surface area contributed by atoms with Gasteiger partial charge in [-0.15, -0.1) is 5.10 Å². The number of nitrogens with zero attached hydrogens (tertiary/aromatic N) is 4. The van der Waals surface area contributed by atoms with E-state index in [-0.39, 0.29) is 0 Å². The molecule has 6 heteroatoms. The van der Waals surface area contributed by atoms with Gasteiger partial charge in [-0.3, -0.25) is 4.98 Å². The zero-order valence-electron chi connectivity index (χ0n) is 16.3. The van der Waals surface area contributed by atoms with Gasteiger partial charge in [-0.1, -0.05) is 52.0 Å². The average molecular weight is 362 g/mol. The summed E-state index contributed by atoms with van der Waals surface area (Å²) in [6.45, 7) is 9.34. The van der Waals surface area contributed by atoms with Gasteiger partial charge in [0.05, 0.1) is 18.4 Å². The van der Waals surface area contributed by atoms with Crippen molar-refractivity contribution < 1.29 is 0 Å². The van der Waals surface area contributed by atoms with Crippen molar-refractivity contribution in [2.24, 2.45) is 0 Å². The van der Waals surface area contributed by atoms with Crippen LogP contribution < -0.4 is 10.6 Å². The second-order valence-corrected chi connectivity index (χ2v) is 7.09. The summed E-state index contributed by atoms with van der Waals surface area (Å²) in [5.74, 6) is 1.93. The van der Waals surface area contributed by atoms with Crippen LogP contribution in [0, 0.1) is 0 Å². The van der Waals surface area contributed by atoms with Crippen molar-refractivity contribution in [1.29, 1.82) is 0 Å². The summed E-state index contributed by atoms with van der Waals surface area (Å²) in [5, 5.41) is 14.9. The van der Waals surface area contributed by atoms with Gasteiger partial charge in [-0.25, -0.2) is 0 Å². The molecule has 0 saturated carbocycles. The van der Waals surface area contributed by atoms with E-state index in [1.807, 2.05) is 18.2 Å². The van der Waals surface area contributed by atoms with Gasteiger partial charge < -0.3 is 10.6 Å². The smallest absolute Gasteiger partial charge is 0.249 e. The molecule has 2 heterocycles. The minimum Gasteiger partial charge on any atom is -0.363 e. The number of pyridine rings is 1. The van der Waals surface area contributed by atoms with Crippen LogP contribution in [0.5, 0.6) is 0 Å². The van der Waals surface area contributed by atoms with E-state index >= 15 is 0 Å². The Morgan fingerprint density at radius 1 is 0.926 bits per heavy atom. The minimum absolute atomic E-state index is 0.393. The fraction of sp³-hybridized carbons (Fsp3) is 0.333. The maximum atomic E-state index is 4.56. The molecule has 6 nitrogen and oxygen atoms in total. The number of nitrogens with one attached hydrogen (secondary N) is 2. The predicted molar refractivity (Wildman–Crippen MR) is 109 cm³/mol. The maximum Gasteiger partial charge on any atom is 0.249 e. The number of para-hydroxylation sites is 1. The number of aromatic nitrogens is 4. The Kier molecular flexibility index (Phi) is 5.96. The molecule has 0 fully saturated rings. The summed E-state index contributed by atoms with van der Waals surface area (Å²) >= 11 is 0. The van der Waals surface area contributed by atoms with Crippen molar-refractivity contribution in [2.75, 3.05) is 10.6 Å². The number of hydrogen-bond donors (Lipinski definition) is 2. The Labute approximate surface area is 160 Å². The van der Waals surface area contributed by atoms with Crippen molar-refractivity contribution in [2.45, 2.75) is 46.1 Å². The van der Waals surface area contributed by atoms with Crippen LogP contribution in [0.3, 0.4) is 0 Å². The molecular weight excluding hydrogens is 336 g/mol. The highest BCUT2D eigenvalue weighted by Gasteiger charge is 2.15. The Hall–Kier alpha value is -3.02. The molecule has 2 N–H and O–H groups in total. The first kappa shape index (κ1) is 18.8. The second kappa shape index (κ2) is 8.58. The monoisotopic (exact) mass is 362 g/mol. The number of hydrogen-bond acceptors (Lipinski definition) is 6. The summed E-state index contributed by atoms with van der Waals surface area (Å²) < 4.78 is 0. The molecule has 3 aromatic rings. The molecule has 140 valence electrons. The zero-order valence-corrected chi connectivity index (χ0v) is 16.3. The average Bonchev–Trinajstić information content (AvgIpc) is 2.67. The largest absolute Gasteiger partial charge is 0.363 e. The fourth-order valence-corrected chi connectivity index (χ4v) is 2.93. The van der Waals surface area contributed by atoms with E-state index in [2.05, 4.69) is 76.7 Å². The molecule has 0 unspecified atom stereocenters. The van der Waals surface area contributed by atoms with E-state index in [0.717, 1.165) is 11.4 Å².